The molecule has 3 nitrogen and oxygen atoms in total. The lowest BCUT2D eigenvalue weighted by atomic mass is 9.98. The number of thioether (sulfide) groups is 1. The number of rotatable bonds is 6. The van der Waals surface area contributed by atoms with Gasteiger partial charge in [-0.15, -0.1) is 11.8 Å². The summed E-state index contributed by atoms with van der Waals surface area (Å²) < 4.78 is 0. The Bertz CT molecular complexity index is 405. The molecule has 1 aromatic rings. The van der Waals surface area contributed by atoms with Crippen molar-refractivity contribution in [2.75, 3.05) is 6.26 Å². The normalized spacial score (nSPS) is 15.6. The van der Waals surface area contributed by atoms with Crippen molar-refractivity contribution in [2.24, 2.45) is 11.7 Å². The molecule has 0 spiro atoms. The van der Waals surface area contributed by atoms with Crippen LogP contribution in [0.15, 0.2) is 29.2 Å². The fourth-order valence-corrected chi connectivity index (χ4v) is 2.21. The first kappa shape index (κ1) is 16.1. The number of carbonyl (C=O) groups excluding carboxylic acids is 1. The standard InChI is InChI=1S/C15H24N2OS/c1-5-10(2)14(16)15(18)17-11(3)12-6-8-13(19-4)9-7-12/h6-11,14H,5,16H2,1-4H3,(H,17,18)/t10-,11?,14-/m0/s1. The lowest BCUT2D eigenvalue weighted by Gasteiger charge is -2.21. The topological polar surface area (TPSA) is 55.1 Å². The monoisotopic (exact) mass is 280 g/mol. The highest BCUT2D eigenvalue weighted by Crippen LogP contribution is 2.19. The molecule has 0 heterocycles. The van der Waals surface area contributed by atoms with E-state index in [4.69, 9.17) is 5.73 Å². The van der Waals surface area contributed by atoms with Crippen LogP contribution in [0.4, 0.5) is 0 Å². The van der Waals surface area contributed by atoms with Crippen LogP contribution in [-0.2, 0) is 4.79 Å². The highest BCUT2D eigenvalue weighted by Gasteiger charge is 2.21. The van der Waals surface area contributed by atoms with Crippen LogP contribution in [0.2, 0.25) is 0 Å². The molecule has 0 aliphatic carbocycles. The van der Waals surface area contributed by atoms with Gasteiger partial charge in [0, 0.05) is 4.90 Å². The molecule has 0 aromatic heterocycles. The van der Waals surface area contributed by atoms with Gasteiger partial charge < -0.3 is 11.1 Å². The van der Waals surface area contributed by atoms with Gasteiger partial charge in [-0.3, -0.25) is 4.79 Å². The largest absolute Gasteiger partial charge is 0.348 e. The van der Waals surface area contributed by atoms with Gasteiger partial charge in [0.05, 0.1) is 12.1 Å². The fraction of sp³-hybridized carbons (Fsp3) is 0.533. The summed E-state index contributed by atoms with van der Waals surface area (Å²) >= 11 is 1.71. The number of hydrogen-bond donors (Lipinski definition) is 2. The molecule has 1 amide bonds. The van der Waals surface area contributed by atoms with E-state index in [1.165, 1.54) is 4.90 Å². The molecular weight excluding hydrogens is 256 g/mol. The Labute approximate surface area is 120 Å². The highest BCUT2D eigenvalue weighted by atomic mass is 32.2. The van der Waals surface area contributed by atoms with Gasteiger partial charge in [-0.1, -0.05) is 32.4 Å². The van der Waals surface area contributed by atoms with Gasteiger partial charge in [0.15, 0.2) is 0 Å². The lowest BCUT2D eigenvalue weighted by molar-refractivity contribution is -0.124. The summed E-state index contributed by atoms with van der Waals surface area (Å²) in [6.45, 7) is 6.03. The first-order valence-corrected chi connectivity index (χ1v) is 7.92. The van der Waals surface area contributed by atoms with E-state index in [0.29, 0.717) is 0 Å². The highest BCUT2D eigenvalue weighted by molar-refractivity contribution is 7.98. The molecule has 0 bridgehead atoms. The van der Waals surface area contributed by atoms with Gasteiger partial charge in [-0.05, 0) is 36.8 Å². The van der Waals surface area contributed by atoms with Crippen LogP contribution >= 0.6 is 11.8 Å². The van der Waals surface area contributed by atoms with Crippen molar-refractivity contribution in [3.05, 3.63) is 29.8 Å². The van der Waals surface area contributed by atoms with Crippen molar-refractivity contribution in [1.82, 2.24) is 5.32 Å². The molecule has 1 aromatic carbocycles. The Balaban J connectivity index is 2.63. The molecule has 0 fully saturated rings. The second kappa shape index (κ2) is 7.56. The summed E-state index contributed by atoms with van der Waals surface area (Å²) in [6, 6.07) is 7.78. The van der Waals surface area contributed by atoms with E-state index in [1.54, 1.807) is 11.8 Å². The SMILES string of the molecule is CC[C@H](C)[C@H](N)C(=O)NC(C)c1ccc(SC)cc1. The molecule has 0 aliphatic heterocycles. The van der Waals surface area contributed by atoms with Gasteiger partial charge in [-0.2, -0.15) is 0 Å². The summed E-state index contributed by atoms with van der Waals surface area (Å²) in [5, 5.41) is 2.98. The van der Waals surface area contributed by atoms with Crippen LogP contribution < -0.4 is 11.1 Å². The third kappa shape index (κ3) is 4.55. The van der Waals surface area contributed by atoms with Crippen molar-refractivity contribution in [1.29, 1.82) is 0 Å². The smallest absolute Gasteiger partial charge is 0.237 e. The molecule has 0 aliphatic rings. The third-order valence-corrected chi connectivity index (χ3v) is 4.28. The third-order valence-electron chi connectivity index (χ3n) is 3.53. The van der Waals surface area contributed by atoms with Crippen molar-refractivity contribution < 1.29 is 4.79 Å². The summed E-state index contributed by atoms with van der Waals surface area (Å²) in [6.07, 6.45) is 2.96. The average Bonchev–Trinajstić information content (AvgIpc) is 2.45. The predicted octanol–water partition coefficient (Wildman–Crippen LogP) is 2.96. The Morgan fingerprint density at radius 3 is 2.37 bits per heavy atom. The Hall–Kier alpha value is -1.00. The summed E-state index contributed by atoms with van der Waals surface area (Å²) in [4.78, 5) is 13.2. The van der Waals surface area contributed by atoms with Gasteiger partial charge >= 0.3 is 0 Å². The summed E-state index contributed by atoms with van der Waals surface area (Å²) in [7, 11) is 0. The van der Waals surface area contributed by atoms with E-state index in [-0.39, 0.29) is 17.9 Å². The maximum atomic E-state index is 12.0. The van der Waals surface area contributed by atoms with E-state index < -0.39 is 6.04 Å². The predicted molar refractivity (Wildman–Crippen MR) is 82.2 cm³/mol. The molecule has 1 unspecified atom stereocenters. The zero-order chi connectivity index (χ0) is 14.4. The van der Waals surface area contributed by atoms with Crippen molar-refractivity contribution in [2.45, 2.75) is 44.2 Å². The second-order valence-corrected chi connectivity index (χ2v) is 5.79. The minimum atomic E-state index is -0.432. The number of hydrogen-bond acceptors (Lipinski definition) is 3. The second-order valence-electron chi connectivity index (χ2n) is 4.91. The van der Waals surface area contributed by atoms with Crippen molar-refractivity contribution in [3.63, 3.8) is 0 Å². The molecule has 3 atom stereocenters. The van der Waals surface area contributed by atoms with Gasteiger partial charge in [-0.25, -0.2) is 0 Å². The van der Waals surface area contributed by atoms with Crippen LogP contribution in [-0.4, -0.2) is 18.2 Å². The minimum Gasteiger partial charge on any atom is -0.348 e. The zero-order valence-electron chi connectivity index (χ0n) is 12.1. The molecular formula is C15H24N2OS. The maximum absolute atomic E-state index is 12.0. The molecule has 106 valence electrons. The van der Waals surface area contributed by atoms with Crippen molar-refractivity contribution in [3.8, 4) is 0 Å². The number of nitrogens with one attached hydrogen (secondary N) is 1. The van der Waals surface area contributed by atoms with E-state index in [1.807, 2.05) is 39.2 Å². The van der Waals surface area contributed by atoms with E-state index in [2.05, 4.69) is 17.4 Å². The number of nitrogens with two attached hydrogens (primary N) is 1. The van der Waals surface area contributed by atoms with Crippen molar-refractivity contribution >= 4 is 17.7 Å². The summed E-state index contributed by atoms with van der Waals surface area (Å²) in [5.41, 5.74) is 7.03. The van der Waals surface area contributed by atoms with Crippen LogP contribution in [0.3, 0.4) is 0 Å². The number of carbonyl (C=O) groups is 1. The minimum absolute atomic E-state index is 0.0153. The molecule has 1 rings (SSSR count). The first-order valence-electron chi connectivity index (χ1n) is 6.69. The van der Waals surface area contributed by atoms with Gasteiger partial charge in [0.25, 0.3) is 0 Å². The van der Waals surface area contributed by atoms with Crippen LogP contribution in [0.5, 0.6) is 0 Å². The summed E-state index contributed by atoms with van der Waals surface area (Å²) in [5.74, 6) is 0.127. The van der Waals surface area contributed by atoms with E-state index in [9.17, 15) is 4.79 Å². The molecule has 19 heavy (non-hydrogen) atoms. The van der Waals surface area contributed by atoms with E-state index >= 15 is 0 Å². The molecule has 0 saturated carbocycles. The molecule has 3 N–H and O–H groups in total. The number of benzene rings is 1. The Morgan fingerprint density at radius 1 is 1.32 bits per heavy atom. The average molecular weight is 280 g/mol. The molecule has 0 radical (unpaired) electrons. The molecule has 0 saturated heterocycles. The Kier molecular flexibility index (Phi) is 6.38. The van der Waals surface area contributed by atoms with E-state index in [0.717, 1.165) is 12.0 Å². The number of amides is 1. The zero-order valence-corrected chi connectivity index (χ0v) is 13.0. The van der Waals surface area contributed by atoms with Gasteiger partial charge in [0.1, 0.15) is 0 Å². The maximum Gasteiger partial charge on any atom is 0.237 e. The Morgan fingerprint density at radius 2 is 1.89 bits per heavy atom. The van der Waals surface area contributed by atoms with Crippen LogP contribution in [0.1, 0.15) is 38.8 Å². The molecule has 4 heteroatoms. The van der Waals surface area contributed by atoms with Gasteiger partial charge in [0.2, 0.25) is 5.91 Å². The first-order chi connectivity index (χ1) is 8.99. The fourth-order valence-electron chi connectivity index (χ4n) is 1.80. The van der Waals surface area contributed by atoms with Crippen LogP contribution in [0.25, 0.3) is 0 Å². The van der Waals surface area contributed by atoms with Crippen LogP contribution in [0, 0.1) is 5.92 Å². The lowest BCUT2D eigenvalue weighted by Crippen LogP contribution is -2.45. The quantitative estimate of drug-likeness (QED) is 0.788.